The zero-order valence-electron chi connectivity index (χ0n) is 24.1. The van der Waals surface area contributed by atoms with Gasteiger partial charge < -0.3 is 19.3 Å². The normalized spacial score (nSPS) is 18.4. The molecule has 2 N–H and O–H groups in total. The van der Waals surface area contributed by atoms with Gasteiger partial charge in [0.1, 0.15) is 11.6 Å². The van der Waals surface area contributed by atoms with E-state index in [-0.39, 0.29) is 64.2 Å². The molecule has 1 aliphatic carbocycles. The van der Waals surface area contributed by atoms with Gasteiger partial charge in [-0.1, -0.05) is 42.0 Å². The second-order valence-corrected chi connectivity index (χ2v) is 10.4. The number of hydrogen-bond donors (Lipinski definition) is 2. The van der Waals surface area contributed by atoms with Gasteiger partial charge in [0.25, 0.3) is 0 Å². The number of hydrogen-bond acceptors (Lipinski definition) is 6. The van der Waals surface area contributed by atoms with Gasteiger partial charge in [-0.05, 0) is 49.6 Å². The molecule has 3 aromatic carbocycles. The number of aliphatic hydroxyl groups is 1. The van der Waals surface area contributed by atoms with Crippen molar-refractivity contribution in [1.82, 2.24) is 0 Å². The number of aliphatic hydroxyl groups excluding tert-OH is 1. The van der Waals surface area contributed by atoms with E-state index in [2.05, 4.69) is 0 Å². The lowest BCUT2D eigenvalue weighted by molar-refractivity contribution is -0.137. The van der Waals surface area contributed by atoms with Crippen LogP contribution in [0.1, 0.15) is 47.4 Å². The van der Waals surface area contributed by atoms with Gasteiger partial charge in [0.15, 0.2) is 17.3 Å². The van der Waals surface area contributed by atoms with Crippen molar-refractivity contribution in [2.45, 2.75) is 38.3 Å². The van der Waals surface area contributed by atoms with Crippen LogP contribution in [0.5, 0.6) is 17.2 Å². The Morgan fingerprint density at radius 1 is 0.953 bits per heavy atom. The molecule has 0 amide bonds. The molecule has 0 saturated heterocycles. The van der Waals surface area contributed by atoms with Gasteiger partial charge in [0.2, 0.25) is 5.75 Å². The number of para-hydroxylation sites is 1. The lowest BCUT2D eigenvalue weighted by Gasteiger charge is -2.42. The third kappa shape index (κ3) is 5.22. The maximum atomic E-state index is 14.3. The topological polar surface area (TPSA) is 92.1 Å². The van der Waals surface area contributed by atoms with E-state index in [4.69, 9.17) is 14.2 Å². The molecule has 0 fully saturated rings. The minimum Gasteiger partial charge on any atom is -0.507 e. The van der Waals surface area contributed by atoms with E-state index in [0.717, 1.165) is 11.6 Å². The van der Waals surface area contributed by atoms with Crippen molar-refractivity contribution in [2.24, 2.45) is 0 Å². The highest BCUT2D eigenvalue weighted by Gasteiger charge is 2.46. The number of halogens is 3. The Bertz CT molecular complexity index is 1630. The summed E-state index contributed by atoms with van der Waals surface area (Å²) >= 11 is 0. The number of benzene rings is 3. The maximum absolute atomic E-state index is 14.3. The summed E-state index contributed by atoms with van der Waals surface area (Å²) in [5.74, 6) is -1.13. The van der Waals surface area contributed by atoms with Crippen LogP contribution in [-0.4, -0.2) is 38.1 Å². The molecular weight excluding hydrogens is 561 g/mol. The van der Waals surface area contributed by atoms with Crippen molar-refractivity contribution in [3.05, 3.63) is 99.8 Å². The van der Waals surface area contributed by atoms with E-state index >= 15 is 0 Å². The monoisotopic (exact) mass is 592 g/mol. The fourth-order valence-corrected chi connectivity index (χ4v) is 5.83. The fraction of sp³-hybridized carbons (Fsp3) is 0.273. The number of amidine groups is 1. The highest BCUT2D eigenvalue weighted by atomic mass is 19.4. The molecule has 2 aliphatic rings. The molecule has 1 aliphatic heterocycles. The fourth-order valence-electron chi connectivity index (χ4n) is 5.83. The Morgan fingerprint density at radius 3 is 2.16 bits per heavy atom. The summed E-state index contributed by atoms with van der Waals surface area (Å²) in [7, 11) is 4.33. The molecule has 7 nitrogen and oxygen atoms in total. The molecule has 1 atom stereocenters. The molecule has 0 saturated carbocycles. The van der Waals surface area contributed by atoms with E-state index in [1.54, 1.807) is 36.4 Å². The predicted octanol–water partition coefficient (Wildman–Crippen LogP) is 7.60. The standard InChI is InChI=1S/C33H31F3N2O5/c1-18-12-14-19(15-13-18)30(40)29-27(20-16-25(41-2)31(43-4)26(17-20)42-3)28-23(10-7-11-24(28)39)38(32(29)37)22-9-6-5-8-21(22)33(34,35)36/h5-6,8-9,12-17,27,37,40H,7,10-11H2,1-4H3/b30-29+,37-32?/t27-/m0/s1. The molecule has 43 heavy (non-hydrogen) atoms. The molecule has 3 aromatic rings. The van der Waals surface area contributed by atoms with Crippen molar-refractivity contribution in [2.75, 3.05) is 26.2 Å². The number of anilines is 1. The summed E-state index contributed by atoms with van der Waals surface area (Å²) in [6.45, 7) is 1.88. The van der Waals surface area contributed by atoms with Gasteiger partial charge in [-0.3, -0.25) is 15.1 Å². The maximum Gasteiger partial charge on any atom is 0.418 e. The van der Waals surface area contributed by atoms with Crippen LogP contribution in [0.2, 0.25) is 0 Å². The average molecular weight is 593 g/mol. The van der Waals surface area contributed by atoms with Crippen molar-refractivity contribution in [3.8, 4) is 17.2 Å². The first-order chi connectivity index (χ1) is 20.5. The van der Waals surface area contributed by atoms with Crippen LogP contribution in [0.4, 0.5) is 18.9 Å². The van der Waals surface area contributed by atoms with Gasteiger partial charge in [-0.25, -0.2) is 0 Å². The summed E-state index contributed by atoms with van der Waals surface area (Å²) in [5.41, 5.74) is 0.946. The summed E-state index contributed by atoms with van der Waals surface area (Å²) in [4.78, 5) is 15.0. The number of nitrogens with one attached hydrogen (secondary N) is 1. The van der Waals surface area contributed by atoms with E-state index in [1.807, 2.05) is 6.92 Å². The molecule has 0 unspecified atom stereocenters. The molecular formula is C33H31F3N2O5. The summed E-state index contributed by atoms with van der Waals surface area (Å²) < 4.78 is 59.5. The minimum absolute atomic E-state index is 0.0240. The Kier molecular flexibility index (Phi) is 7.96. The van der Waals surface area contributed by atoms with Gasteiger partial charge in [-0.15, -0.1) is 0 Å². The number of allylic oxidation sites excluding steroid dienone is 2. The number of methoxy groups -OCH3 is 3. The predicted molar refractivity (Wildman–Crippen MR) is 157 cm³/mol. The minimum atomic E-state index is -4.73. The number of carbonyl (C=O) groups is 1. The Morgan fingerprint density at radius 2 is 1.58 bits per heavy atom. The first-order valence-corrected chi connectivity index (χ1v) is 13.6. The number of ether oxygens (including phenoxy) is 3. The van der Waals surface area contributed by atoms with Gasteiger partial charge >= 0.3 is 6.18 Å². The van der Waals surface area contributed by atoms with E-state index in [0.29, 0.717) is 23.3 Å². The molecule has 10 heteroatoms. The van der Waals surface area contributed by atoms with Crippen LogP contribution in [-0.2, 0) is 11.0 Å². The number of alkyl halides is 3. The van der Waals surface area contributed by atoms with Crippen LogP contribution < -0.4 is 19.1 Å². The lowest BCUT2D eigenvalue weighted by atomic mass is 9.73. The van der Waals surface area contributed by atoms with Gasteiger partial charge in [0, 0.05) is 34.7 Å². The molecule has 0 aromatic heterocycles. The molecule has 5 rings (SSSR count). The quantitative estimate of drug-likeness (QED) is 0.287. The smallest absolute Gasteiger partial charge is 0.418 e. The molecule has 224 valence electrons. The van der Waals surface area contributed by atoms with Crippen LogP contribution >= 0.6 is 0 Å². The molecule has 0 bridgehead atoms. The van der Waals surface area contributed by atoms with Gasteiger partial charge in [0.05, 0.1) is 32.6 Å². The first-order valence-electron chi connectivity index (χ1n) is 13.6. The van der Waals surface area contributed by atoms with Crippen molar-refractivity contribution < 1.29 is 37.3 Å². The summed E-state index contributed by atoms with van der Waals surface area (Å²) in [5, 5.41) is 21.2. The first kappa shape index (κ1) is 29.8. The zero-order valence-corrected chi connectivity index (χ0v) is 24.1. The summed E-state index contributed by atoms with van der Waals surface area (Å²) in [6, 6.07) is 15.1. The highest BCUT2D eigenvalue weighted by Crippen LogP contribution is 2.52. The Labute approximate surface area is 247 Å². The number of carbonyl (C=O) groups excluding carboxylic acids is 1. The second kappa shape index (κ2) is 11.5. The highest BCUT2D eigenvalue weighted by molar-refractivity contribution is 6.20. The molecule has 0 spiro atoms. The number of rotatable bonds is 6. The summed E-state index contributed by atoms with van der Waals surface area (Å²) in [6.07, 6.45) is -3.90. The third-order valence-corrected chi connectivity index (χ3v) is 7.81. The largest absolute Gasteiger partial charge is 0.507 e. The van der Waals surface area contributed by atoms with Crippen molar-refractivity contribution >= 4 is 23.1 Å². The average Bonchev–Trinajstić information content (AvgIpc) is 2.99. The number of aryl methyl sites for hydroxylation is 1. The van der Waals surface area contributed by atoms with Crippen LogP contribution in [0.25, 0.3) is 5.76 Å². The van der Waals surface area contributed by atoms with Crippen LogP contribution in [0, 0.1) is 12.3 Å². The van der Waals surface area contributed by atoms with Crippen molar-refractivity contribution in [1.29, 1.82) is 5.41 Å². The van der Waals surface area contributed by atoms with E-state index in [9.17, 15) is 28.5 Å². The number of Topliss-reactive ketones (excluding diaryl/α,β-unsaturated/α-hetero) is 1. The van der Waals surface area contributed by atoms with Crippen LogP contribution in [0.3, 0.4) is 0 Å². The number of nitrogens with zero attached hydrogens (tertiary/aromatic N) is 1. The number of ketones is 1. The zero-order chi connectivity index (χ0) is 31.1. The SMILES string of the molecule is COc1cc([C@H]2C3=C(CCCC3=O)N(c3ccccc3C(F)(F)F)C(=N)/C2=C(/O)c2ccc(C)cc2)cc(OC)c1OC. The Hall–Kier alpha value is -4.73. The lowest BCUT2D eigenvalue weighted by Crippen LogP contribution is -2.43. The molecule has 1 heterocycles. The Balaban J connectivity index is 1.90. The van der Waals surface area contributed by atoms with Crippen LogP contribution in [0.15, 0.2) is 77.5 Å². The second-order valence-electron chi connectivity index (χ2n) is 10.4. The van der Waals surface area contributed by atoms with Crippen molar-refractivity contribution in [3.63, 3.8) is 0 Å². The van der Waals surface area contributed by atoms with E-state index in [1.165, 1.54) is 44.4 Å². The third-order valence-electron chi connectivity index (χ3n) is 7.81. The van der Waals surface area contributed by atoms with E-state index < -0.39 is 17.7 Å². The van der Waals surface area contributed by atoms with Gasteiger partial charge in [-0.2, -0.15) is 13.2 Å². The molecule has 0 radical (unpaired) electrons.